The Balaban J connectivity index is 0.000000605. The summed E-state index contributed by atoms with van der Waals surface area (Å²) in [6.07, 6.45) is 0. The van der Waals surface area contributed by atoms with Gasteiger partial charge in [0.15, 0.2) is 0 Å². The third-order valence-corrected chi connectivity index (χ3v) is 1.66. The summed E-state index contributed by atoms with van der Waals surface area (Å²) >= 11 is 0. The molecule has 11 heavy (non-hydrogen) atoms. The van der Waals surface area contributed by atoms with Crippen molar-refractivity contribution in [3.8, 4) is 0 Å². The predicted octanol–water partition coefficient (Wildman–Crippen LogP) is 2.19. The summed E-state index contributed by atoms with van der Waals surface area (Å²) in [6, 6.07) is 16.7. The van der Waals surface area contributed by atoms with E-state index >= 15 is 0 Å². The molecule has 0 aliphatic heterocycles. The molecule has 0 bridgehead atoms. The van der Waals surface area contributed by atoms with Gasteiger partial charge in [0, 0.05) is 0 Å². The molecule has 2 aromatic carbocycles. The van der Waals surface area contributed by atoms with E-state index in [4.69, 9.17) is 0 Å². The van der Waals surface area contributed by atoms with Gasteiger partial charge in [-0.2, -0.15) is 0 Å². The van der Waals surface area contributed by atoms with Crippen LogP contribution in [-0.2, 0) is 0 Å². The summed E-state index contributed by atoms with van der Waals surface area (Å²) in [6.45, 7) is 0. The van der Waals surface area contributed by atoms with Gasteiger partial charge in [0.25, 0.3) is 0 Å². The molecule has 0 aromatic heterocycles. The molecule has 2 rings (SSSR count). The molecule has 0 amide bonds. The SMILES string of the molecule is [CsH].c1ccc2ccccc2c1. The number of hydrogen-bond acceptors (Lipinski definition) is 0. The Kier molecular flexibility index (Phi) is 4.20. The Morgan fingerprint density at radius 3 is 1.09 bits per heavy atom. The number of hydrogen-bond donors (Lipinski definition) is 0. The van der Waals surface area contributed by atoms with E-state index in [-0.39, 0.29) is 68.9 Å². The average Bonchev–Trinajstić information content (AvgIpc) is 2.05. The summed E-state index contributed by atoms with van der Waals surface area (Å²) in [5.41, 5.74) is 0. The second-order valence-corrected chi connectivity index (χ2v) is 2.35. The first-order valence-corrected chi connectivity index (χ1v) is 3.40. The van der Waals surface area contributed by atoms with Crippen LogP contribution in [0.5, 0.6) is 0 Å². The molecular formula is C10H9Cs. The van der Waals surface area contributed by atoms with Crippen molar-refractivity contribution >= 4 is 79.7 Å². The third kappa shape index (κ3) is 2.34. The van der Waals surface area contributed by atoms with E-state index in [0.717, 1.165) is 0 Å². The Morgan fingerprint density at radius 1 is 0.545 bits per heavy atom. The molecule has 2 aromatic rings. The van der Waals surface area contributed by atoms with Crippen molar-refractivity contribution in [1.29, 1.82) is 0 Å². The van der Waals surface area contributed by atoms with Crippen LogP contribution in [0.2, 0.25) is 0 Å². The Labute approximate surface area is 125 Å². The van der Waals surface area contributed by atoms with Gasteiger partial charge >= 0.3 is 68.9 Å². The molecule has 0 atom stereocenters. The molecule has 0 fully saturated rings. The van der Waals surface area contributed by atoms with Crippen molar-refractivity contribution in [3.63, 3.8) is 0 Å². The van der Waals surface area contributed by atoms with Crippen LogP contribution in [0, 0.1) is 0 Å². The largest absolute Gasteiger partial charge is 0.0616 e. The van der Waals surface area contributed by atoms with Crippen molar-refractivity contribution in [3.05, 3.63) is 48.5 Å². The van der Waals surface area contributed by atoms with Gasteiger partial charge in [0.1, 0.15) is 0 Å². The summed E-state index contributed by atoms with van der Waals surface area (Å²) < 4.78 is 0. The maximum atomic E-state index is 2.12. The fourth-order valence-electron chi connectivity index (χ4n) is 1.13. The van der Waals surface area contributed by atoms with Gasteiger partial charge in [-0.15, -0.1) is 0 Å². The van der Waals surface area contributed by atoms with Gasteiger partial charge in [0.05, 0.1) is 0 Å². The molecule has 0 radical (unpaired) electrons. The summed E-state index contributed by atoms with van der Waals surface area (Å²) in [7, 11) is 0. The van der Waals surface area contributed by atoms with Gasteiger partial charge < -0.3 is 0 Å². The van der Waals surface area contributed by atoms with E-state index < -0.39 is 0 Å². The van der Waals surface area contributed by atoms with Crippen molar-refractivity contribution in [2.45, 2.75) is 0 Å². The van der Waals surface area contributed by atoms with E-state index in [9.17, 15) is 0 Å². The average molecular weight is 262 g/mol. The molecule has 0 saturated heterocycles. The molecule has 0 heterocycles. The first-order valence-electron chi connectivity index (χ1n) is 3.40. The third-order valence-electron chi connectivity index (χ3n) is 1.66. The smallest absolute Gasteiger partial charge is 0.0184 e. The van der Waals surface area contributed by atoms with E-state index in [1.807, 2.05) is 0 Å². The zero-order chi connectivity index (χ0) is 6.81. The summed E-state index contributed by atoms with van der Waals surface area (Å²) in [5.74, 6) is 0. The van der Waals surface area contributed by atoms with Gasteiger partial charge in [-0.25, -0.2) is 0 Å². The van der Waals surface area contributed by atoms with Crippen LogP contribution in [0.15, 0.2) is 48.5 Å². The minimum absolute atomic E-state index is 0. The predicted molar refractivity (Wildman–Crippen MR) is 51.1 cm³/mol. The van der Waals surface area contributed by atoms with E-state index in [0.29, 0.717) is 0 Å². The summed E-state index contributed by atoms with van der Waals surface area (Å²) in [5, 5.41) is 2.62. The van der Waals surface area contributed by atoms with E-state index in [1.54, 1.807) is 0 Å². The monoisotopic (exact) mass is 262 g/mol. The van der Waals surface area contributed by atoms with E-state index in [1.165, 1.54) is 10.8 Å². The van der Waals surface area contributed by atoms with E-state index in [2.05, 4.69) is 48.5 Å². The maximum Gasteiger partial charge on any atom is -0.0184 e. The fourth-order valence-corrected chi connectivity index (χ4v) is 1.13. The minimum Gasteiger partial charge on any atom is -0.0616 e. The quantitative estimate of drug-likeness (QED) is 0.682. The molecular weight excluding hydrogens is 253 g/mol. The minimum atomic E-state index is 0. The van der Waals surface area contributed by atoms with Crippen molar-refractivity contribution in [2.24, 2.45) is 0 Å². The van der Waals surface area contributed by atoms with Gasteiger partial charge in [0.2, 0.25) is 0 Å². The number of benzene rings is 2. The fraction of sp³-hybridized carbons (Fsp3) is 0. The van der Waals surface area contributed by atoms with Crippen LogP contribution in [0.3, 0.4) is 0 Å². The molecule has 0 unspecified atom stereocenters. The summed E-state index contributed by atoms with van der Waals surface area (Å²) in [4.78, 5) is 0. The molecule has 0 nitrogen and oxygen atoms in total. The Morgan fingerprint density at radius 2 is 0.818 bits per heavy atom. The maximum absolute atomic E-state index is 2.12. The normalized spacial score (nSPS) is 9.09. The molecule has 0 spiro atoms. The second kappa shape index (κ2) is 4.70. The molecule has 0 N–H and O–H groups in total. The zero-order valence-corrected chi connectivity index (χ0v) is 5.62. The molecule has 0 aliphatic carbocycles. The van der Waals surface area contributed by atoms with Gasteiger partial charge in [-0.05, 0) is 10.8 Å². The zero-order valence-electron chi connectivity index (χ0n) is 5.62. The second-order valence-electron chi connectivity index (χ2n) is 2.35. The van der Waals surface area contributed by atoms with Crippen molar-refractivity contribution in [2.75, 3.05) is 0 Å². The first-order chi connectivity index (χ1) is 4.97. The van der Waals surface area contributed by atoms with Crippen molar-refractivity contribution < 1.29 is 0 Å². The van der Waals surface area contributed by atoms with Gasteiger partial charge in [-0.3, -0.25) is 0 Å². The van der Waals surface area contributed by atoms with Crippen LogP contribution >= 0.6 is 0 Å². The molecule has 1 heteroatoms. The van der Waals surface area contributed by atoms with Crippen LogP contribution < -0.4 is 0 Å². The Hall–Kier alpha value is 0.752. The molecule has 0 saturated carbocycles. The van der Waals surface area contributed by atoms with Crippen LogP contribution in [0.4, 0.5) is 0 Å². The van der Waals surface area contributed by atoms with Crippen LogP contribution in [0.1, 0.15) is 0 Å². The van der Waals surface area contributed by atoms with Crippen molar-refractivity contribution in [1.82, 2.24) is 0 Å². The standard InChI is InChI=1S/C10H8.Cs.H/c1-2-6-10-8-4-3-7-9(10)5-1;;/h1-8H;;. The van der Waals surface area contributed by atoms with Gasteiger partial charge in [-0.1, -0.05) is 48.5 Å². The first kappa shape index (κ1) is 9.84. The molecule has 0 aliphatic rings. The number of rotatable bonds is 0. The van der Waals surface area contributed by atoms with Crippen LogP contribution in [0.25, 0.3) is 10.8 Å². The van der Waals surface area contributed by atoms with Crippen LogP contribution in [-0.4, -0.2) is 68.9 Å². The number of fused-ring (bicyclic) bond motifs is 1. The topological polar surface area (TPSA) is 0 Å². The Bertz CT molecular complexity index is 276. The molecule has 50 valence electrons.